The van der Waals surface area contributed by atoms with Crippen LogP contribution in [0.5, 0.6) is 0 Å². The molecule has 0 bridgehead atoms. The molecule has 0 unspecified atom stereocenters. The van der Waals surface area contributed by atoms with Gasteiger partial charge < -0.3 is 0 Å². The molecular weight excluding hydrogens is 395 g/mol. The summed E-state index contributed by atoms with van der Waals surface area (Å²) < 4.78 is 41.0. The molecule has 0 aliphatic rings. The smallest absolute Gasteiger partial charge is 0.299 e. The Balaban J connectivity index is 1.74. The Morgan fingerprint density at radius 2 is 1.62 bits per heavy atom. The molecule has 3 aromatic heterocycles. The number of halogens is 3. The summed E-state index contributed by atoms with van der Waals surface area (Å²) >= 11 is 1.79. The van der Waals surface area contributed by atoms with Crippen molar-refractivity contribution in [1.82, 2.24) is 14.4 Å². The number of aromatic nitrogens is 3. The first kappa shape index (κ1) is 19.5. The second kappa shape index (κ2) is 7.55. The molecule has 0 aliphatic heterocycles. The number of fused-ring (bicyclic) bond motifs is 1. The van der Waals surface area contributed by atoms with E-state index in [1.807, 2.05) is 16.5 Å². The highest BCUT2D eigenvalue weighted by atomic mass is 32.2. The number of benzene rings is 1. The predicted molar refractivity (Wildman–Crippen MR) is 110 cm³/mol. The van der Waals surface area contributed by atoms with Crippen molar-refractivity contribution in [2.75, 3.05) is 0 Å². The van der Waals surface area contributed by atoms with Gasteiger partial charge in [-0.2, -0.15) is 13.2 Å². The summed E-state index contributed by atoms with van der Waals surface area (Å²) in [5.41, 5.74) is 2.88. The molecule has 0 spiro atoms. The number of hydrogen-bond acceptors (Lipinski definition) is 3. The van der Waals surface area contributed by atoms with Crippen molar-refractivity contribution >= 4 is 17.4 Å². The van der Waals surface area contributed by atoms with E-state index >= 15 is 0 Å². The lowest BCUT2D eigenvalue weighted by Crippen LogP contribution is -2.05. The van der Waals surface area contributed by atoms with Crippen LogP contribution < -0.4 is 0 Å². The van der Waals surface area contributed by atoms with Crippen molar-refractivity contribution in [3.05, 3.63) is 72.8 Å². The summed E-state index contributed by atoms with van der Waals surface area (Å²) in [5, 5.41) is 0.500. The largest absolute Gasteiger partial charge is 0.417 e. The van der Waals surface area contributed by atoms with Crippen LogP contribution in [0.4, 0.5) is 13.2 Å². The van der Waals surface area contributed by atoms with Gasteiger partial charge in [-0.1, -0.05) is 26.0 Å². The summed E-state index contributed by atoms with van der Waals surface area (Å²) in [5.74, 6) is 0. The zero-order chi connectivity index (χ0) is 20.6. The van der Waals surface area contributed by atoms with E-state index in [4.69, 9.17) is 0 Å². The molecule has 148 valence electrons. The zero-order valence-corrected chi connectivity index (χ0v) is 16.6. The van der Waals surface area contributed by atoms with Crippen molar-refractivity contribution in [1.29, 1.82) is 0 Å². The van der Waals surface area contributed by atoms with Crippen LogP contribution in [0.3, 0.4) is 0 Å². The Morgan fingerprint density at radius 1 is 0.897 bits per heavy atom. The lowest BCUT2D eigenvalue weighted by molar-refractivity contribution is -0.137. The maximum atomic E-state index is 13.0. The second-order valence-corrected chi connectivity index (χ2v) is 8.59. The van der Waals surface area contributed by atoms with Crippen LogP contribution in [0, 0.1) is 0 Å². The molecule has 0 amide bonds. The molecule has 0 radical (unpaired) electrons. The third-order valence-corrected chi connectivity index (χ3v) is 5.44. The monoisotopic (exact) mass is 413 g/mol. The molecule has 0 N–H and O–H groups in total. The van der Waals surface area contributed by atoms with Crippen LogP contribution in [0.1, 0.15) is 19.4 Å². The third kappa shape index (κ3) is 4.15. The third-order valence-electron chi connectivity index (χ3n) is 4.43. The van der Waals surface area contributed by atoms with Gasteiger partial charge in [0.05, 0.1) is 17.5 Å². The fourth-order valence-corrected chi connectivity index (χ4v) is 3.93. The Hall–Kier alpha value is -2.80. The van der Waals surface area contributed by atoms with Gasteiger partial charge in [-0.15, -0.1) is 11.8 Å². The first-order valence-corrected chi connectivity index (χ1v) is 9.96. The zero-order valence-electron chi connectivity index (χ0n) is 15.8. The standard InChI is InChI=1S/C22H18F3N3S/c1-14(2)29-19-6-3-15(4-7-19)20-12-27-21-8-5-16(13-28(20)21)17-9-18(11-26-10-17)22(23,24)25/h3-14H,1-2H3. The van der Waals surface area contributed by atoms with Crippen molar-refractivity contribution in [2.24, 2.45) is 0 Å². The topological polar surface area (TPSA) is 30.2 Å². The van der Waals surface area contributed by atoms with Crippen LogP contribution >= 0.6 is 11.8 Å². The molecule has 4 aromatic rings. The van der Waals surface area contributed by atoms with Crippen molar-refractivity contribution in [2.45, 2.75) is 30.2 Å². The summed E-state index contributed by atoms with van der Waals surface area (Å²) in [6.45, 7) is 4.29. The number of alkyl halides is 3. The van der Waals surface area contributed by atoms with E-state index in [1.54, 1.807) is 36.3 Å². The Morgan fingerprint density at radius 3 is 2.31 bits per heavy atom. The van der Waals surface area contributed by atoms with Crippen LogP contribution in [0.15, 0.2) is 72.1 Å². The molecule has 7 heteroatoms. The van der Waals surface area contributed by atoms with Gasteiger partial charge in [0.2, 0.25) is 0 Å². The fraction of sp³-hybridized carbons (Fsp3) is 0.182. The molecule has 3 heterocycles. The average molecular weight is 413 g/mol. The van der Waals surface area contributed by atoms with E-state index in [1.165, 1.54) is 11.1 Å². The normalized spacial score (nSPS) is 12.1. The molecule has 1 aromatic carbocycles. The van der Waals surface area contributed by atoms with Gasteiger partial charge >= 0.3 is 6.18 Å². The van der Waals surface area contributed by atoms with Gasteiger partial charge in [0, 0.05) is 45.4 Å². The van der Waals surface area contributed by atoms with Crippen LogP contribution in [-0.4, -0.2) is 19.6 Å². The lowest BCUT2D eigenvalue weighted by atomic mass is 10.1. The van der Waals surface area contributed by atoms with Gasteiger partial charge in [-0.05, 0) is 30.3 Å². The minimum absolute atomic E-state index is 0.407. The average Bonchev–Trinajstić information content (AvgIpc) is 3.11. The summed E-state index contributed by atoms with van der Waals surface area (Å²) in [4.78, 5) is 9.37. The Labute approximate surface area is 170 Å². The molecule has 29 heavy (non-hydrogen) atoms. The van der Waals surface area contributed by atoms with Crippen LogP contribution in [0.2, 0.25) is 0 Å². The van der Waals surface area contributed by atoms with E-state index in [-0.39, 0.29) is 0 Å². The quantitative estimate of drug-likeness (QED) is 0.354. The Bertz CT molecular complexity index is 1150. The summed E-state index contributed by atoms with van der Waals surface area (Å²) in [7, 11) is 0. The highest BCUT2D eigenvalue weighted by molar-refractivity contribution is 7.99. The minimum atomic E-state index is -4.43. The maximum Gasteiger partial charge on any atom is 0.417 e. The van der Waals surface area contributed by atoms with Gasteiger partial charge in [0.25, 0.3) is 0 Å². The highest BCUT2D eigenvalue weighted by Crippen LogP contribution is 2.32. The number of pyridine rings is 2. The molecule has 0 aliphatic carbocycles. The number of nitrogens with zero attached hydrogens (tertiary/aromatic N) is 3. The van der Waals surface area contributed by atoms with Gasteiger partial charge in [-0.25, -0.2) is 4.98 Å². The van der Waals surface area contributed by atoms with E-state index in [0.29, 0.717) is 16.4 Å². The van der Waals surface area contributed by atoms with Gasteiger partial charge in [-0.3, -0.25) is 9.38 Å². The predicted octanol–water partition coefficient (Wildman–Crippen LogP) is 6.58. The van der Waals surface area contributed by atoms with E-state index in [2.05, 4.69) is 35.9 Å². The van der Waals surface area contributed by atoms with E-state index in [0.717, 1.165) is 29.2 Å². The minimum Gasteiger partial charge on any atom is -0.299 e. The number of rotatable bonds is 4. The SMILES string of the molecule is CC(C)Sc1ccc(-c2cnc3ccc(-c4cncc(C(F)(F)F)c4)cn23)cc1. The van der Waals surface area contributed by atoms with Crippen molar-refractivity contribution < 1.29 is 13.2 Å². The Kier molecular flexibility index (Phi) is 5.08. The molecular formula is C22H18F3N3S. The van der Waals surface area contributed by atoms with Crippen LogP contribution in [0.25, 0.3) is 28.0 Å². The van der Waals surface area contributed by atoms with Gasteiger partial charge in [0.15, 0.2) is 0 Å². The van der Waals surface area contributed by atoms with E-state index in [9.17, 15) is 13.2 Å². The number of imidazole rings is 1. The lowest BCUT2D eigenvalue weighted by Gasteiger charge is -2.10. The summed E-state index contributed by atoms with van der Waals surface area (Å²) in [6, 6.07) is 12.9. The maximum absolute atomic E-state index is 13.0. The van der Waals surface area contributed by atoms with Crippen molar-refractivity contribution in [3.63, 3.8) is 0 Å². The molecule has 0 atom stereocenters. The number of hydrogen-bond donors (Lipinski definition) is 0. The molecule has 0 saturated heterocycles. The number of thioether (sulfide) groups is 1. The summed E-state index contributed by atoms with van der Waals surface area (Å²) in [6.07, 6.45) is 1.41. The first-order valence-electron chi connectivity index (χ1n) is 9.08. The van der Waals surface area contributed by atoms with E-state index < -0.39 is 11.7 Å². The van der Waals surface area contributed by atoms with Crippen LogP contribution in [-0.2, 0) is 6.18 Å². The molecule has 4 rings (SSSR count). The van der Waals surface area contributed by atoms with Crippen molar-refractivity contribution in [3.8, 4) is 22.4 Å². The highest BCUT2D eigenvalue weighted by Gasteiger charge is 2.31. The molecule has 0 fully saturated rings. The second-order valence-electron chi connectivity index (χ2n) is 6.94. The molecule has 3 nitrogen and oxygen atoms in total. The van der Waals surface area contributed by atoms with Gasteiger partial charge in [0.1, 0.15) is 5.65 Å². The first-order chi connectivity index (χ1) is 13.8. The molecule has 0 saturated carbocycles. The fourth-order valence-electron chi connectivity index (χ4n) is 3.09.